The summed E-state index contributed by atoms with van der Waals surface area (Å²) in [5, 5.41) is 13.2. The average Bonchev–Trinajstić information content (AvgIpc) is 2.09. The van der Waals surface area contributed by atoms with Crippen LogP contribution in [0.1, 0.15) is 13.8 Å². The van der Waals surface area contributed by atoms with Gasteiger partial charge in [0.1, 0.15) is 0 Å². The molecule has 0 spiro atoms. The normalized spacial score (nSPS) is 14.9. The molecule has 4 heteroatoms. The van der Waals surface area contributed by atoms with Crippen molar-refractivity contribution < 1.29 is 5.11 Å². The van der Waals surface area contributed by atoms with Crippen molar-refractivity contribution in [3.63, 3.8) is 0 Å². The van der Waals surface area contributed by atoms with Gasteiger partial charge in [-0.3, -0.25) is 0 Å². The first-order chi connectivity index (χ1) is 6.50. The molecule has 0 heterocycles. The van der Waals surface area contributed by atoms with Gasteiger partial charge in [0.05, 0.1) is 6.10 Å². The largest absolute Gasteiger partial charge is 0.391 e. The molecule has 1 rings (SSSR count). The molecule has 0 aliphatic heterocycles. The lowest BCUT2D eigenvalue weighted by atomic mass is 10.2. The van der Waals surface area contributed by atoms with Crippen LogP contribution in [0.2, 0.25) is 5.02 Å². The van der Waals surface area contributed by atoms with Crippen LogP contribution >= 0.6 is 27.5 Å². The fraction of sp³-hybridized carbons (Fsp3) is 0.400. The minimum atomic E-state index is -0.391. The molecule has 1 aromatic rings. The molecular weight excluding hydrogens is 265 g/mol. The summed E-state index contributed by atoms with van der Waals surface area (Å²) in [5.74, 6) is 0. The molecule has 2 unspecified atom stereocenters. The Morgan fingerprint density at radius 2 is 2.07 bits per heavy atom. The Bertz CT molecular complexity index is 317. The number of aliphatic hydroxyl groups is 1. The minimum absolute atomic E-state index is 0.00692. The zero-order chi connectivity index (χ0) is 10.7. The summed E-state index contributed by atoms with van der Waals surface area (Å²) in [4.78, 5) is 0. The highest BCUT2D eigenvalue weighted by molar-refractivity contribution is 9.10. The number of rotatable bonds is 3. The molecule has 2 atom stereocenters. The monoisotopic (exact) mass is 277 g/mol. The van der Waals surface area contributed by atoms with Gasteiger partial charge in [0.2, 0.25) is 0 Å². The van der Waals surface area contributed by atoms with Crippen molar-refractivity contribution >= 4 is 33.2 Å². The summed E-state index contributed by atoms with van der Waals surface area (Å²) in [6, 6.07) is 5.51. The fourth-order valence-electron chi connectivity index (χ4n) is 0.972. The molecule has 0 aromatic heterocycles. The third kappa shape index (κ3) is 3.15. The van der Waals surface area contributed by atoms with Crippen molar-refractivity contribution in [2.24, 2.45) is 0 Å². The standard InChI is InChI=1S/C10H13BrClNO/c1-6(7(2)14)13-10-4-3-8(12)5-9(10)11/h3-7,13-14H,1-2H3. The van der Waals surface area contributed by atoms with Gasteiger partial charge >= 0.3 is 0 Å². The molecule has 0 radical (unpaired) electrons. The maximum atomic E-state index is 9.32. The number of nitrogens with one attached hydrogen (secondary N) is 1. The van der Waals surface area contributed by atoms with Crippen LogP contribution in [-0.4, -0.2) is 17.3 Å². The van der Waals surface area contributed by atoms with E-state index in [1.807, 2.05) is 25.1 Å². The van der Waals surface area contributed by atoms with Gasteiger partial charge < -0.3 is 10.4 Å². The van der Waals surface area contributed by atoms with Gasteiger partial charge in [0.25, 0.3) is 0 Å². The van der Waals surface area contributed by atoms with E-state index in [2.05, 4.69) is 21.2 Å². The van der Waals surface area contributed by atoms with E-state index in [-0.39, 0.29) is 6.04 Å². The van der Waals surface area contributed by atoms with E-state index in [1.54, 1.807) is 6.92 Å². The number of halogens is 2. The van der Waals surface area contributed by atoms with Gasteiger partial charge in [0.15, 0.2) is 0 Å². The Morgan fingerprint density at radius 1 is 1.43 bits per heavy atom. The van der Waals surface area contributed by atoms with E-state index in [0.29, 0.717) is 5.02 Å². The summed E-state index contributed by atoms with van der Waals surface area (Å²) in [6.07, 6.45) is -0.391. The summed E-state index contributed by atoms with van der Waals surface area (Å²) in [5.41, 5.74) is 0.933. The molecular formula is C10H13BrClNO. The Kier molecular flexibility index (Phi) is 4.23. The van der Waals surface area contributed by atoms with Crippen molar-refractivity contribution in [1.29, 1.82) is 0 Å². The van der Waals surface area contributed by atoms with Crippen LogP contribution in [-0.2, 0) is 0 Å². The van der Waals surface area contributed by atoms with Crippen LogP contribution < -0.4 is 5.32 Å². The van der Waals surface area contributed by atoms with Crippen molar-refractivity contribution in [3.8, 4) is 0 Å². The van der Waals surface area contributed by atoms with E-state index in [4.69, 9.17) is 11.6 Å². The van der Waals surface area contributed by atoms with Crippen LogP contribution in [0.25, 0.3) is 0 Å². The van der Waals surface area contributed by atoms with E-state index < -0.39 is 6.10 Å². The molecule has 0 fully saturated rings. The molecule has 2 N–H and O–H groups in total. The summed E-state index contributed by atoms with van der Waals surface area (Å²) in [7, 11) is 0. The Morgan fingerprint density at radius 3 is 2.57 bits per heavy atom. The molecule has 0 saturated carbocycles. The highest BCUT2D eigenvalue weighted by Gasteiger charge is 2.09. The summed E-state index contributed by atoms with van der Waals surface area (Å²) < 4.78 is 0.900. The number of hydrogen-bond acceptors (Lipinski definition) is 2. The Labute approximate surface area is 97.4 Å². The third-order valence-electron chi connectivity index (χ3n) is 2.04. The predicted octanol–water partition coefficient (Wildman–Crippen LogP) is 3.28. The SMILES string of the molecule is CC(O)C(C)Nc1ccc(Cl)cc1Br. The van der Waals surface area contributed by atoms with Crippen LogP contribution in [0.15, 0.2) is 22.7 Å². The van der Waals surface area contributed by atoms with Crippen LogP contribution in [0.5, 0.6) is 0 Å². The Hall–Kier alpha value is -0.250. The lowest BCUT2D eigenvalue weighted by Crippen LogP contribution is -2.27. The number of anilines is 1. The smallest absolute Gasteiger partial charge is 0.0710 e. The first-order valence-electron chi connectivity index (χ1n) is 4.40. The maximum Gasteiger partial charge on any atom is 0.0710 e. The second-order valence-electron chi connectivity index (χ2n) is 3.30. The highest BCUT2D eigenvalue weighted by Crippen LogP contribution is 2.26. The quantitative estimate of drug-likeness (QED) is 0.889. The van der Waals surface area contributed by atoms with Gasteiger partial charge in [-0.2, -0.15) is 0 Å². The lowest BCUT2D eigenvalue weighted by molar-refractivity contribution is 0.178. The van der Waals surface area contributed by atoms with Crippen molar-refractivity contribution in [1.82, 2.24) is 0 Å². The van der Waals surface area contributed by atoms with Gasteiger partial charge in [0, 0.05) is 21.2 Å². The van der Waals surface area contributed by atoms with Crippen molar-refractivity contribution in [2.45, 2.75) is 26.0 Å². The zero-order valence-electron chi connectivity index (χ0n) is 8.09. The number of benzene rings is 1. The third-order valence-corrected chi connectivity index (χ3v) is 2.93. The molecule has 0 amide bonds. The summed E-state index contributed by atoms with van der Waals surface area (Å²) >= 11 is 9.21. The minimum Gasteiger partial charge on any atom is -0.391 e. The molecule has 0 aliphatic rings. The second-order valence-corrected chi connectivity index (χ2v) is 4.59. The van der Waals surface area contributed by atoms with Gasteiger partial charge in [-0.15, -0.1) is 0 Å². The van der Waals surface area contributed by atoms with E-state index in [0.717, 1.165) is 10.2 Å². The first-order valence-corrected chi connectivity index (χ1v) is 5.57. The van der Waals surface area contributed by atoms with Crippen molar-refractivity contribution in [2.75, 3.05) is 5.32 Å². The molecule has 0 aliphatic carbocycles. The molecule has 2 nitrogen and oxygen atoms in total. The average molecular weight is 279 g/mol. The molecule has 0 bridgehead atoms. The highest BCUT2D eigenvalue weighted by atomic mass is 79.9. The maximum absolute atomic E-state index is 9.32. The predicted molar refractivity (Wildman–Crippen MR) is 63.9 cm³/mol. The molecule has 0 saturated heterocycles. The van der Waals surface area contributed by atoms with E-state index in [9.17, 15) is 5.11 Å². The van der Waals surface area contributed by atoms with Gasteiger partial charge in [-0.25, -0.2) is 0 Å². The van der Waals surface area contributed by atoms with E-state index in [1.165, 1.54) is 0 Å². The Balaban J connectivity index is 2.77. The summed E-state index contributed by atoms with van der Waals surface area (Å²) in [6.45, 7) is 3.67. The zero-order valence-corrected chi connectivity index (χ0v) is 10.4. The fourth-order valence-corrected chi connectivity index (χ4v) is 1.77. The van der Waals surface area contributed by atoms with Crippen LogP contribution in [0.4, 0.5) is 5.69 Å². The van der Waals surface area contributed by atoms with Crippen LogP contribution in [0.3, 0.4) is 0 Å². The van der Waals surface area contributed by atoms with Crippen molar-refractivity contribution in [3.05, 3.63) is 27.7 Å². The second kappa shape index (κ2) is 5.01. The lowest BCUT2D eigenvalue weighted by Gasteiger charge is -2.18. The van der Waals surface area contributed by atoms with E-state index >= 15 is 0 Å². The first kappa shape index (κ1) is 11.8. The topological polar surface area (TPSA) is 32.3 Å². The van der Waals surface area contributed by atoms with Crippen LogP contribution in [0, 0.1) is 0 Å². The number of hydrogen-bond donors (Lipinski definition) is 2. The molecule has 1 aromatic carbocycles. The van der Waals surface area contributed by atoms with Gasteiger partial charge in [-0.1, -0.05) is 11.6 Å². The number of aliphatic hydroxyl groups excluding tert-OH is 1. The van der Waals surface area contributed by atoms with Gasteiger partial charge in [-0.05, 0) is 48.0 Å². The molecule has 14 heavy (non-hydrogen) atoms. The molecule has 78 valence electrons.